The van der Waals surface area contributed by atoms with Gasteiger partial charge in [0, 0.05) is 19.6 Å². The number of carbonyl (C=O) groups excluding carboxylic acids is 1. The number of rotatable bonds is 3. The quantitative estimate of drug-likeness (QED) is 0.783. The second kappa shape index (κ2) is 3.91. The standard InChI is InChI=1S/C12H20N2O2/c15-11(14-5-7-16-8-6-14)13-9-12(3-4-12)10-1-2-10/h10H,1-9H2,(H,13,15). The van der Waals surface area contributed by atoms with Crippen LogP contribution in [0.5, 0.6) is 0 Å². The monoisotopic (exact) mass is 224 g/mol. The van der Waals surface area contributed by atoms with Crippen LogP contribution < -0.4 is 5.32 Å². The highest BCUT2D eigenvalue weighted by molar-refractivity contribution is 5.74. The van der Waals surface area contributed by atoms with E-state index < -0.39 is 0 Å². The highest BCUT2D eigenvalue weighted by atomic mass is 16.5. The molecule has 0 atom stereocenters. The number of hydrogen-bond donors (Lipinski definition) is 1. The molecule has 1 N–H and O–H groups in total. The lowest BCUT2D eigenvalue weighted by molar-refractivity contribution is 0.0528. The van der Waals surface area contributed by atoms with Gasteiger partial charge in [0.05, 0.1) is 13.2 Å². The molecule has 0 aromatic heterocycles. The van der Waals surface area contributed by atoms with E-state index in [9.17, 15) is 4.79 Å². The molecule has 4 nitrogen and oxygen atoms in total. The predicted molar refractivity (Wildman–Crippen MR) is 60.2 cm³/mol. The summed E-state index contributed by atoms with van der Waals surface area (Å²) in [5.41, 5.74) is 0.502. The molecule has 0 spiro atoms. The molecule has 4 heteroatoms. The number of ether oxygens (including phenoxy) is 1. The Balaban J connectivity index is 1.45. The van der Waals surface area contributed by atoms with Crippen molar-refractivity contribution < 1.29 is 9.53 Å². The summed E-state index contributed by atoms with van der Waals surface area (Å²) < 4.78 is 5.23. The van der Waals surface area contributed by atoms with Crippen LogP contribution in [0.2, 0.25) is 0 Å². The van der Waals surface area contributed by atoms with Crippen LogP contribution >= 0.6 is 0 Å². The zero-order valence-electron chi connectivity index (χ0n) is 9.71. The summed E-state index contributed by atoms with van der Waals surface area (Å²) in [6, 6.07) is 0.107. The van der Waals surface area contributed by atoms with Gasteiger partial charge in [-0.1, -0.05) is 0 Å². The Morgan fingerprint density at radius 1 is 1.31 bits per heavy atom. The van der Waals surface area contributed by atoms with E-state index in [1.165, 1.54) is 25.7 Å². The summed E-state index contributed by atoms with van der Waals surface area (Å²) in [6.45, 7) is 3.74. The van der Waals surface area contributed by atoms with Crippen molar-refractivity contribution >= 4 is 6.03 Å². The molecule has 3 aliphatic rings. The number of amides is 2. The zero-order chi connectivity index (χ0) is 11.0. The van der Waals surface area contributed by atoms with Crippen LogP contribution in [0.15, 0.2) is 0 Å². The van der Waals surface area contributed by atoms with E-state index in [1.807, 2.05) is 4.90 Å². The summed E-state index contributed by atoms with van der Waals surface area (Å²) >= 11 is 0. The number of nitrogens with one attached hydrogen (secondary N) is 1. The second-order valence-electron chi connectivity index (χ2n) is 5.39. The minimum atomic E-state index is 0.107. The first-order valence-electron chi connectivity index (χ1n) is 6.41. The molecule has 1 aliphatic heterocycles. The first-order chi connectivity index (χ1) is 7.80. The molecule has 2 saturated carbocycles. The molecular formula is C12H20N2O2. The maximum atomic E-state index is 11.9. The van der Waals surface area contributed by atoms with Crippen molar-refractivity contribution in [2.24, 2.45) is 11.3 Å². The molecule has 1 saturated heterocycles. The van der Waals surface area contributed by atoms with Gasteiger partial charge in [-0.15, -0.1) is 0 Å². The highest BCUT2D eigenvalue weighted by Crippen LogP contribution is 2.60. The molecule has 3 rings (SSSR count). The van der Waals surface area contributed by atoms with Crippen molar-refractivity contribution in [3.63, 3.8) is 0 Å². The predicted octanol–water partition coefficient (Wildman–Crippen LogP) is 1.22. The lowest BCUT2D eigenvalue weighted by Crippen LogP contribution is -2.47. The average Bonchev–Trinajstić information content (AvgIpc) is 3.17. The number of urea groups is 1. The van der Waals surface area contributed by atoms with Crippen LogP contribution in [-0.4, -0.2) is 43.8 Å². The molecule has 0 bridgehead atoms. The van der Waals surface area contributed by atoms with E-state index in [0.29, 0.717) is 18.6 Å². The molecule has 1 heterocycles. The van der Waals surface area contributed by atoms with Gasteiger partial charge in [-0.3, -0.25) is 0 Å². The van der Waals surface area contributed by atoms with Crippen LogP contribution in [0.4, 0.5) is 4.79 Å². The fourth-order valence-corrected chi connectivity index (χ4v) is 2.72. The van der Waals surface area contributed by atoms with Crippen molar-refractivity contribution in [2.75, 3.05) is 32.8 Å². The SMILES string of the molecule is O=C(NCC1(C2CC2)CC1)N1CCOCC1. The summed E-state index contributed by atoms with van der Waals surface area (Å²) in [5.74, 6) is 0.914. The minimum Gasteiger partial charge on any atom is -0.378 e. The van der Waals surface area contributed by atoms with Crippen LogP contribution in [0.25, 0.3) is 0 Å². The smallest absolute Gasteiger partial charge is 0.317 e. The van der Waals surface area contributed by atoms with E-state index in [4.69, 9.17) is 4.74 Å². The maximum Gasteiger partial charge on any atom is 0.317 e. The topological polar surface area (TPSA) is 41.6 Å². The van der Waals surface area contributed by atoms with E-state index >= 15 is 0 Å². The van der Waals surface area contributed by atoms with Crippen molar-refractivity contribution in [3.8, 4) is 0 Å². The van der Waals surface area contributed by atoms with Crippen LogP contribution in [0, 0.1) is 11.3 Å². The lowest BCUT2D eigenvalue weighted by atomic mass is 10.0. The van der Waals surface area contributed by atoms with Gasteiger partial charge in [-0.25, -0.2) is 4.79 Å². The van der Waals surface area contributed by atoms with E-state index in [2.05, 4.69) is 5.32 Å². The summed E-state index contributed by atoms with van der Waals surface area (Å²) in [4.78, 5) is 13.7. The highest BCUT2D eigenvalue weighted by Gasteiger charge is 2.53. The third-order valence-electron chi connectivity index (χ3n) is 4.23. The van der Waals surface area contributed by atoms with Gasteiger partial charge in [0.1, 0.15) is 0 Å². The third-order valence-corrected chi connectivity index (χ3v) is 4.23. The Hall–Kier alpha value is -0.770. The van der Waals surface area contributed by atoms with E-state index in [-0.39, 0.29) is 6.03 Å². The molecule has 90 valence electrons. The molecule has 0 aromatic rings. The van der Waals surface area contributed by atoms with Crippen LogP contribution in [0.3, 0.4) is 0 Å². The largest absolute Gasteiger partial charge is 0.378 e. The molecule has 0 unspecified atom stereocenters. The Bertz CT molecular complexity index is 279. The zero-order valence-corrected chi connectivity index (χ0v) is 9.71. The first-order valence-corrected chi connectivity index (χ1v) is 6.41. The van der Waals surface area contributed by atoms with Gasteiger partial charge in [0.25, 0.3) is 0 Å². The number of morpholine rings is 1. The number of nitrogens with zero attached hydrogens (tertiary/aromatic N) is 1. The number of carbonyl (C=O) groups is 1. The van der Waals surface area contributed by atoms with Crippen LogP contribution in [-0.2, 0) is 4.74 Å². The fourth-order valence-electron chi connectivity index (χ4n) is 2.72. The minimum absolute atomic E-state index is 0.107. The number of hydrogen-bond acceptors (Lipinski definition) is 2. The molecule has 2 amide bonds. The van der Waals surface area contributed by atoms with E-state index in [0.717, 1.165) is 25.6 Å². The Kier molecular flexibility index (Phi) is 2.54. The Labute approximate surface area is 96.3 Å². The molecule has 2 aliphatic carbocycles. The molecule has 3 fully saturated rings. The molecule has 0 aromatic carbocycles. The van der Waals surface area contributed by atoms with Gasteiger partial charge in [0.2, 0.25) is 0 Å². The Morgan fingerprint density at radius 2 is 2.00 bits per heavy atom. The first kappa shape index (κ1) is 10.4. The fraction of sp³-hybridized carbons (Fsp3) is 0.917. The van der Waals surface area contributed by atoms with Crippen molar-refractivity contribution in [2.45, 2.75) is 25.7 Å². The molecule has 16 heavy (non-hydrogen) atoms. The third kappa shape index (κ3) is 2.03. The van der Waals surface area contributed by atoms with Crippen molar-refractivity contribution in [1.29, 1.82) is 0 Å². The van der Waals surface area contributed by atoms with Gasteiger partial charge in [-0.05, 0) is 37.0 Å². The van der Waals surface area contributed by atoms with Crippen molar-refractivity contribution in [3.05, 3.63) is 0 Å². The Morgan fingerprint density at radius 3 is 2.56 bits per heavy atom. The maximum absolute atomic E-state index is 11.9. The van der Waals surface area contributed by atoms with Gasteiger partial charge in [0.15, 0.2) is 0 Å². The van der Waals surface area contributed by atoms with E-state index in [1.54, 1.807) is 0 Å². The van der Waals surface area contributed by atoms with Crippen LogP contribution in [0.1, 0.15) is 25.7 Å². The van der Waals surface area contributed by atoms with Gasteiger partial charge >= 0.3 is 6.03 Å². The van der Waals surface area contributed by atoms with Gasteiger partial charge in [-0.2, -0.15) is 0 Å². The average molecular weight is 224 g/mol. The summed E-state index contributed by atoms with van der Waals surface area (Å²) in [7, 11) is 0. The lowest BCUT2D eigenvalue weighted by Gasteiger charge is -2.28. The normalized spacial score (nSPS) is 27.6. The van der Waals surface area contributed by atoms with Gasteiger partial charge < -0.3 is 15.0 Å². The summed E-state index contributed by atoms with van der Waals surface area (Å²) in [5, 5.41) is 3.11. The summed E-state index contributed by atoms with van der Waals surface area (Å²) in [6.07, 6.45) is 5.41. The second-order valence-corrected chi connectivity index (χ2v) is 5.39. The molecule has 0 radical (unpaired) electrons. The van der Waals surface area contributed by atoms with Crippen molar-refractivity contribution in [1.82, 2.24) is 10.2 Å². The molecular weight excluding hydrogens is 204 g/mol.